The summed E-state index contributed by atoms with van der Waals surface area (Å²) in [5.41, 5.74) is 0.624. The summed E-state index contributed by atoms with van der Waals surface area (Å²) in [6.07, 6.45) is 5.24. The van der Waals surface area contributed by atoms with Crippen molar-refractivity contribution in [3.05, 3.63) is 42.2 Å². The number of amides is 1. The molecule has 0 saturated carbocycles. The average molecular weight is 248 g/mol. The number of carbonyl (C=O) groups excluding carboxylic acids is 1. The highest BCUT2D eigenvalue weighted by Crippen LogP contribution is 2.02. The summed E-state index contributed by atoms with van der Waals surface area (Å²) < 4.78 is 6.86. The van der Waals surface area contributed by atoms with Gasteiger partial charge >= 0.3 is 0 Å². The average Bonchev–Trinajstić information content (AvgIpc) is 3.04. The molecule has 0 aromatic carbocycles. The second-order valence-electron chi connectivity index (χ2n) is 3.80. The Hall–Kier alpha value is -2.08. The predicted molar refractivity (Wildman–Crippen MR) is 66.1 cm³/mol. The van der Waals surface area contributed by atoms with E-state index in [2.05, 4.69) is 15.3 Å². The molecule has 6 nitrogen and oxygen atoms in total. The topological polar surface area (TPSA) is 71.9 Å². The van der Waals surface area contributed by atoms with E-state index in [0.29, 0.717) is 25.4 Å². The number of aromatic nitrogens is 3. The first kappa shape index (κ1) is 12.4. The molecular formula is C12H16N4O2. The molecule has 0 fully saturated rings. The number of carbonyl (C=O) groups is 1. The first-order valence-electron chi connectivity index (χ1n) is 5.72. The van der Waals surface area contributed by atoms with Crippen LogP contribution in [-0.4, -0.2) is 34.2 Å². The van der Waals surface area contributed by atoms with Gasteiger partial charge in [0.05, 0.1) is 13.2 Å². The molecule has 18 heavy (non-hydrogen) atoms. The lowest BCUT2D eigenvalue weighted by atomic mass is 10.4. The molecule has 2 heterocycles. The van der Waals surface area contributed by atoms with Crippen LogP contribution in [0.15, 0.2) is 30.7 Å². The lowest BCUT2D eigenvalue weighted by Gasteiger charge is -2.08. The zero-order chi connectivity index (χ0) is 12.8. The molecular weight excluding hydrogens is 232 g/mol. The third-order valence-electron chi connectivity index (χ3n) is 2.57. The van der Waals surface area contributed by atoms with Crippen molar-refractivity contribution >= 4 is 5.91 Å². The van der Waals surface area contributed by atoms with E-state index in [-0.39, 0.29) is 5.91 Å². The Bertz CT molecular complexity index is 490. The molecule has 0 atom stereocenters. The van der Waals surface area contributed by atoms with Crippen molar-refractivity contribution in [1.29, 1.82) is 0 Å². The maximum atomic E-state index is 12.0. The summed E-state index contributed by atoms with van der Waals surface area (Å²) in [4.78, 5) is 18.9. The lowest BCUT2D eigenvalue weighted by Crippen LogP contribution is -2.26. The highest BCUT2D eigenvalue weighted by Gasteiger charge is 2.10. The molecule has 2 N–H and O–H groups in total. The summed E-state index contributed by atoms with van der Waals surface area (Å²) >= 11 is 0. The third kappa shape index (κ3) is 2.98. The molecule has 0 saturated heterocycles. The van der Waals surface area contributed by atoms with Gasteiger partial charge in [0.2, 0.25) is 0 Å². The monoisotopic (exact) mass is 248 g/mol. The molecule has 2 rings (SSSR count). The number of aromatic amines is 1. The van der Waals surface area contributed by atoms with E-state index >= 15 is 0 Å². The number of hydrogen-bond donors (Lipinski definition) is 2. The Balaban J connectivity index is 1.94. The smallest absolute Gasteiger partial charge is 0.268 e. The number of nitrogens with one attached hydrogen (secondary N) is 2. The van der Waals surface area contributed by atoms with Crippen molar-refractivity contribution in [2.45, 2.75) is 13.1 Å². The minimum Gasteiger partial charge on any atom is -0.383 e. The van der Waals surface area contributed by atoms with Crippen molar-refractivity contribution in [3.63, 3.8) is 0 Å². The standard InChI is InChI=1S/C12H16N4O2/c1-18-8-7-16-6-2-3-10(16)12(17)15-9-11-13-4-5-14-11/h2-6H,7-9H2,1H3,(H,13,14)(H,15,17). The maximum Gasteiger partial charge on any atom is 0.268 e. The van der Waals surface area contributed by atoms with Gasteiger partial charge in [-0.3, -0.25) is 4.79 Å². The van der Waals surface area contributed by atoms with Gasteiger partial charge in [0.25, 0.3) is 5.91 Å². The summed E-state index contributed by atoms with van der Waals surface area (Å²) in [7, 11) is 1.64. The molecule has 1 amide bonds. The van der Waals surface area contributed by atoms with Crippen LogP contribution in [0.1, 0.15) is 16.3 Å². The fourth-order valence-corrected chi connectivity index (χ4v) is 1.65. The van der Waals surface area contributed by atoms with Gasteiger partial charge in [-0.15, -0.1) is 0 Å². The van der Waals surface area contributed by atoms with E-state index in [0.717, 1.165) is 5.82 Å². The normalized spacial score (nSPS) is 10.5. The zero-order valence-electron chi connectivity index (χ0n) is 10.2. The van der Waals surface area contributed by atoms with Crippen LogP contribution in [0.5, 0.6) is 0 Å². The molecule has 0 aliphatic heterocycles. The number of imidazole rings is 1. The minimum absolute atomic E-state index is 0.118. The van der Waals surface area contributed by atoms with Crippen LogP contribution in [0, 0.1) is 0 Å². The summed E-state index contributed by atoms with van der Waals surface area (Å²) in [6.45, 7) is 1.63. The number of H-pyrrole nitrogens is 1. The highest BCUT2D eigenvalue weighted by molar-refractivity contribution is 5.92. The van der Waals surface area contributed by atoms with Crippen LogP contribution in [0.25, 0.3) is 0 Å². The van der Waals surface area contributed by atoms with E-state index < -0.39 is 0 Å². The SMILES string of the molecule is COCCn1cccc1C(=O)NCc1ncc[nH]1. The summed E-state index contributed by atoms with van der Waals surface area (Å²) in [6, 6.07) is 3.63. The van der Waals surface area contributed by atoms with Gasteiger partial charge in [0.1, 0.15) is 11.5 Å². The highest BCUT2D eigenvalue weighted by atomic mass is 16.5. The van der Waals surface area contributed by atoms with Gasteiger partial charge in [-0.25, -0.2) is 4.98 Å². The number of rotatable bonds is 6. The first-order valence-corrected chi connectivity index (χ1v) is 5.72. The number of ether oxygens (including phenoxy) is 1. The second kappa shape index (κ2) is 6.02. The molecule has 6 heteroatoms. The molecule has 2 aromatic heterocycles. The van der Waals surface area contributed by atoms with E-state index in [9.17, 15) is 4.79 Å². The fraction of sp³-hybridized carbons (Fsp3) is 0.333. The Morgan fingerprint density at radius 1 is 1.61 bits per heavy atom. The third-order valence-corrected chi connectivity index (χ3v) is 2.57. The van der Waals surface area contributed by atoms with Crippen molar-refractivity contribution in [2.75, 3.05) is 13.7 Å². The predicted octanol–water partition coefficient (Wildman–Crippen LogP) is 0.788. The lowest BCUT2D eigenvalue weighted by molar-refractivity contribution is 0.0938. The summed E-state index contributed by atoms with van der Waals surface area (Å²) in [5, 5.41) is 2.81. The molecule has 0 aliphatic rings. The van der Waals surface area contributed by atoms with E-state index in [1.807, 2.05) is 16.8 Å². The molecule has 0 aliphatic carbocycles. The first-order chi connectivity index (χ1) is 8.81. The summed E-state index contributed by atoms with van der Waals surface area (Å²) in [5.74, 6) is 0.617. The Morgan fingerprint density at radius 3 is 3.22 bits per heavy atom. The van der Waals surface area contributed by atoms with E-state index in [1.54, 1.807) is 25.6 Å². The molecule has 0 spiro atoms. The van der Waals surface area contributed by atoms with Crippen molar-refractivity contribution in [1.82, 2.24) is 19.9 Å². The van der Waals surface area contributed by atoms with Gasteiger partial charge in [-0.1, -0.05) is 0 Å². The molecule has 2 aromatic rings. The molecule has 0 bridgehead atoms. The van der Waals surface area contributed by atoms with Crippen LogP contribution in [0.3, 0.4) is 0 Å². The van der Waals surface area contributed by atoms with E-state index in [1.165, 1.54) is 0 Å². The van der Waals surface area contributed by atoms with Gasteiger partial charge in [0.15, 0.2) is 0 Å². The number of methoxy groups -OCH3 is 1. The van der Waals surface area contributed by atoms with Gasteiger partial charge in [0, 0.05) is 32.2 Å². The van der Waals surface area contributed by atoms with Crippen LogP contribution in [0.4, 0.5) is 0 Å². The van der Waals surface area contributed by atoms with Crippen LogP contribution in [-0.2, 0) is 17.8 Å². The Morgan fingerprint density at radius 2 is 2.50 bits per heavy atom. The van der Waals surface area contributed by atoms with Crippen molar-refractivity contribution in [3.8, 4) is 0 Å². The van der Waals surface area contributed by atoms with Crippen LogP contribution < -0.4 is 5.32 Å². The molecule has 0 unspecified atom stereocenters. The zero-order valence-corrected chi connectivity index (χ0v) is 10.2. The van der Waals surface area contributed by atoms with E-state index in [4.69, 9.17) is 4.74 Å². The van der Waals surface area contributed by atoms with Crippen molar-refractivity contribution < 1.29 is 9.53 Å². The minimum atomic E-state index is -0.118. The second-order valence-corrected chi connectivity index (χ2v) is 3.80. The van der Waals surface area contributed by atoms with Gasteiger partial charge < -0.3 is 19.6 Å². The maximum absolute atomic E-state index is 12.0. The number of hydrogen-bond acceptors (Lipinski definition) is 3. The quantitative estimate of drug-likeness (QED) is 0.793. The Kier molecular flexibility index (Phi) is 4.14. The molecule has 0 radical (unpaired) electrons. The van der Waals surface area contributed by atoms with Crippen molar-refractivity contribution in [2.24, 2.45) is 0 Å². The Labute approximate surface area is 105 Å². The van der Waals surface area contributed by atoms with Crippen LogP contribution in [0.2, 0.25) is 0 Å². The number of nitrogens with zero attached hydrogens (tertiary/aromatic N) is 2. The van der Waals surface area contributed by atoms with Crippen LogP contribution >= 0.6 is 0 Å². The largest absolute Gasteiger partial charge is 0.383 e. The van der Waals surface area contributed by atoms with Gasteiger partial charge in [-0.2, -0.15) is 0 Å². The molecule has 96 valence electrons. The van der Waals surface area contributed by atoms with Gasteiger partial charge in [-0.05, 0) is 12.1 Å². The fourth-order valence-electron chi connectivity index (χ4n) is 1.65.